The van der Waals surface area contributed by atoms with Gasteiger partial charge in [-0.2, -0.15) is 0 Å². The molecule has 6 heteroatoms. The van der Waals surface area contributed by atoms with E-state index >= 15 is 0 Å². The SMILES string of the molecule is CCOCOc1ccc2ccccc2c1[B-](F)(F)F. The minimum Gasteiger partial charge on any atom is -0.471 e. The molecule has 0 N–H and O–H groups in total. The van der Waals surface area contributed by atoms with Crippen molar-refractivity contribution < 1.29 is 22.4 Å². The molecule has 2 aromatic carbocycles. The molecule has 2 rings (SSSR count). The third-order valence-corrected chi connectivity index (χ3v) is 2.76. The molecule has 19 heavy (non-hydrogen) atoms. The van der Waals surface area contributed by atoms with Crippen LogP contribution >= 0.6 is 0 Å². The number of fused-ring (bicyclic) bond motifs is 1. The number of hydrogen-bond donors (Lipinski definition) is 0. The molecule has 102 valence electrons. The van der Waals surface area contributed by atoms with Gasteiger partial charge in [-0.3, -0.25) is 0 Å². The highest BCUT2D eigenvalue weighted by atomic mass is 19.4. The van der Waals surface area contributed by atoms with Gasteiger partial charge in [0.05, 0.1) is 5.75 Å². The van der Waals surface area contributed by atoms with E-state index in [1.165, 1.54) is 12.1 Å². The summed E-state index contributed by atoms with van der Waals surface area (Å²) in [5.74, 6) is -0.181. The molecule has 0 aliphatic heterocycles. The smallest absolute Gasteiger partial charge is 0.471 e. The lowest BCUT2D eigenvalue weighted by Gasteiger charge is -2.22. The zero-order valence-corrected chi connectivity index (χ0v) is 10.4. The minimum absolute atomic E-state index is 0.156. The number of halogens is 3. The zero-order chi connectivity index (χ0) is 13.9. The fourth-order valence-corrected chi connectivity index (χ4v) is 1.93. The highest BCUT2D eigenvalue weighted by Crippen LogP contribution is 2.25. The molecule has 0 saturated carbocycles. The lowest BCUT2D eigenvalue weighted by molar-refractivity contribution is 0.0229. The predicted molar refractivity (Wildman–Crippen MR) is 69.8 cm³/mol. The topological polar surface area (TPSA) is 18.5 Å². The monoisotopic (exact) mass is 269 g/mol. The molecule has 0 spiro atoms. The fourth-order valence-electron chi connectivity index (χ4n) is 1.93. The maximum absolute atomic E-state index is 13.2. The van der Waals surface area contributed by atoms with Gasteiger partial charge in [0.2, 0.25) is 0 Å². The molecule has 0 amide bonds. The Labute approximate surface area is 109 Å². The molecular formula is C13H13BF3O2-. The number of benzene rings is 2. The summed E-state index contributed by atoms with van der Waals surface area (Å²) in [5, 5.41) is 0.699. The van der Waals surface area contributed by atoms with E-state index in [1.54, 1.807) is 31.2 Å². The molecule has 0 unspecified atom stereocenters. The van der Waals surface area contributed by atoms with Crippen LogP contribution < -0.4 is 10.2 Å². The van der Waals surface area contributed by atoms with Crippen molar-refractivity contribution in [3.8, 4) is 5.75 Å². The molecule has 0 aromatic heterocycles. The van der Waals surface area contributed by atoms with E-state index < -0.39 is 12.4 Å². The minimum atomic E-state index is -5.15. The summed E-state index contributed by atoms with van der Waals surface area (Å²) in [6.45, 7) is -3.20. The van der Waals surface area contributed by atoms with Crippen molar-refractivity contribution in [2.24, 2.45) is 0 Å². The average molecular weight is 269 g/mol. The van der Waals surface area contributed by atoms with Crippen molar-refractivity contribution in [2.75, 3.05) is 13.4 Å². The van der Waals surface area contributed by atoms with Crippen LogP contribution in [-0.2, 0) is 4.74 Å². The van der Waals surface area contributed by atoms with E-state index in [9.17, 15) is 12.9 Å². The number of hydrogen-bond acceptors (Lipinski definition) is 2. The first-order valence-corrected chi connectivity index (χ1v) is 5.96. The first-order valence-electron chi connectivity index (χ1n) is 5.96. The first kappa shape index (κ1) is 13.7. The van der Waals surface area contributed by atoms with Crippen LogP contribution in [0.2, 0.25) is 0 Å². The molecule has 0 radical (unpaired) electrons. The molecular weight excluding hydrogens is 256 g/mol. The normalized spacial score (nSPS) is 11.8. The predicted octanol–water partition coefficient (Wildman–Crippen LogP) is 3.27. The first-order chi connectivity index (χ1) is 9.04. The Kier molecular flexibility index (Phi) is 4.00. The lowest BCUT2D eigenvalue weighted by Crippen LogP contribution is -2.36. The Morgan fingerprint density at radius 2 is 1.79 bits per heavy atom. The van der Waals surface area contributed by atoms with Crippen LogP contribution in [0.25, 0.3) is 10.8 Å². The highest BCUT2D eigenvalue weighted by molar-refractivity contribution is 6.76. The van der Waals surface area contributed by atoms with Crippen molar-refractivity contribution in [1.82, 2.24) is 0 Å². The van der Waals surface area contributed by atoms with Crippen LogP contribution in [0.15, 0.2) is 36.4 Å². The Hall–Kier alpha value is -1.69. The van der Waals surface area contributed by atoms with Crippen molar-refractivity contribution in [1.29, 1.82) is 0 Å². The lowest BCUT2D eigenvalue weighted by atomic mass is 9.76. The van der Waals surface area contributed by atoms with Gasteiger partial charge in [0.1, 0.15) is 0 Å². The summed E-state index contributed by atoms with van der Waals surface area (Å²) in [4.78, 5) is 0. The maximum atomic E-state index is 13.2. The largest absolute Gasteiger partial charge is 0.513 e. The average Bonchev–Trinajstić information content (AvgIpc) is 2.37. The van der Waals surface area contributed by atoms with Crippen molar-refractivity contribution in [3.63, 3.8) is 0 Å². The number of ether oxygens (including phenoxy) is 2. The van der Waals surface area contributed by atoms with E-state index in [0.29, 0.717) is 12.0 Å². The van der Waals surface area contributed by atoms with Gasteiger partial charge < -0.3 is 22.4 Å². The molecule has 0 saturated heterocycles. The van der Waals surface area contributed by atoms with Crippen LogP contribution in [-0.4, -0.2) is 20.4 Å². The summed E-state index contributed by atoms with van der Waals surface area (Å²) in [7, 11) is 0. The second-order valence-corrected chi connectivity index (χ2v) is 4.03. The fraction of sp³-hybridized carbons (Fsp3) is 0.231. The molecule has 0 atom stereocenters. The Morgan fingerprint density at radius 1 is 1.05 bits per heavy atom. The summed E-state index contributed by atoms with van der Waals surface area (Å²) < 4.78 is 49.7. The maximum Gasteiger partial charge on any atom is 0.513 e. The molecule has 0 aliphatic rings. The summed E-state index contributed by atoms with van der Waals surface area (Å²) in [5.41, 5.74) is -0.696. The molecule has 0 heterocycles. The second kappa shape index (κ2) is 5.53. The molecule has 0 fully saturated rings. The van der Waals surface area contributed by atoms with Gasteiger partial charge in [0.15, 0.2) is 6.79 Å². The molecule has 0 aliphatic carbocycles. The molecule has 2 nitrogen and oxygen atoms in total. The summed E-state index contributed by atoms with van der Waals surface area (Å²) in [6, 6.07) is 9.34. The van der Waals surface area contributed by atoms with E-state index in [2.05, 4.69) is 0 Å². The van der Waals surface area contributed by atoms with Gasteiger partial charge in [0, 0.05) is 6.61 Å². The standard InChI is InChI=1S/C13H13BF3O2/c1-2-18-9-19-12-8-7-10-5-3-4-6-11(10)13(12)14(15,16)17/h3-8H,2,9H2,1H3/q-1. The van der Waals surface area contributed by atoms with Crippen LogP contribution in [0, 0.1) is 0 Å². The summed E-state index contributed by atoms with van der Waals surface area (Å²) in [6.07, 6.45) is 0. The Balaban J connectivity index is 2.51. The van der Waals surface area contributed by atoms with Crippen molar-refractivity contribution in [3.05, 3.63) is 36.4 Å². The van der Waals surface area contributed by atoms with Crippen molar-refractivity contribution >= 4 is 23.2 Å². The van der Waals surface area contributed by atoms with E-state index in [-0.39, 0.29) is 17.9 Å². The Bertz CT molecular complexity index is 569. The van der Waals surface area contributed by atoms with E-state index in [1.807, 2.05) is 0 Å². The van der Waals surface area contributed by atoms with E-state index in [4.69, 9.17) is 9.47 Å². The van der Waals surface area contributed by atoms with Crippen LogP contribution in [0.1, 0.15) is 6.92 Å². The molecule has 2 aromatic rings. The van der Waals surface area contributed by atoms with Gasteiger partial charge in [-0.15, -0.1) is 0 Å². The van der Waals surface area contributed by atoms with E-state index in [0.717, 1.165) is 0 Å². The van der Waals surface area contributed by atoms with Crippen molar-refractivity contribution in [2.45, 2.75) is 6.92 Å². The van der Waals surface area contributed by atoms with Crippen LogP contribution in [0.3, 0.4) is 0 Å². The van der Waals surface area contributed by atoms with Gasteiger partial charge in [-0.25, -0.2) is 0 Å². The third-order valence-electron chi connectivity index (χ3n) is 2.76. The quantitative estimate of drug-likeness (QED) is 0.471. The van der Waals surface area contributed by atoms with Gasteiger partial charge in [-0.1, -0.05) is 35.8 Å². The molecule has 0 bridgehead atoms. The van der Waals surface area contributed by atoms with Gasteiger partial charge in [0.25, 0.3) is 0 Å². The Morgan fingerprint density at radius 3 is 2.47 bits per heavy atom. The van der Waals surface area contributed by atoms with Gasteiger partial charge in [-0.05, 0) is 23.8 Å². The number of rotatable bonds is 5. The summed E-state index contributed by atoms with van der Waals surface area (Å²) >= 11 is 0. The zero-order valence-electron chi connectivity index (χ0n) is 10.4. The second-order valence-electron chi connectivity index (χ2n) is 4.03. The highest BCUT2D eigenvalue weighted by Gasteiger charge is 2.31. The third kappa shape index (κ3) is 3.01. The van der Waals surface area contributed by atoms with Crippen LogP contribution in [0.5, 0.6) is 5.75 Å². The van der Waals surface area contributed by atoms with Crippen LogP contribution in [0.4, 0.5) is 12.9 Å². The van der Waals surface area contributed by atoms with Gasteiger partial charge >= 0.3 is 6.98 Å².